The van der Waals surface area contributed by atoms with Gasteiger partial charge in [0.1, 0.15) is 0 Å². The molecule has 1 aromatic carbocycles. The van der Waals surface area contributed by atoms with Crippen LogP contribution in [0.15, 0.2) is 18.2 Å². The van der Waals surface area contributed by atoms with E-state index in [0.717, 1.165) is 0 Å². The van der Waals surface area contributed by atoms with Crippen LogP contribution in [0.1, 0.15) is 28.4 Å². The molecule has 0 aliphatic carbocycles. The molecule has 1 rings (SSSR count). The number of rotatable bonds is 5. The number of hydrogen-bond acceptors (Lipinski definition) is 3. The van der Waals surface area contributed by atoms with E-state index >= 15 is 0 Å². The van der Waals surface area contributed by atoms with Gasteiger partial charge in [0.15, 0.2) is 11.9 Å². The number of ketones is 1. The number of carboxylic acids is 1. The van der Waals surface area contributed by atoms with Crippen LogP contribution in [0.5, 0.6) is 0 Å². The Bertz CT molecular complexity index is 447. The molecule has 0 saturated heterocycles. The van der Waals surface area contributed by atoms with Crippen LogP contribution in [-0.2, 0) is 4.79 Å². The smallest absolute Gasteiger partial charge is 0.337 e. The van der Waals surface area contributed by atoms with Crippen molar-refractivity contribution < 1.29 is 19.8 Å². The van der Waals surface area contributed by atoms with Gasteiger partial charge in [-0.2, -0.15) is 0 Å². The van der Waals surface area contributed by atoms with Gasteiger partial charge in [-0.05, 0) is 6.07 Å². The largest absolute Gasteiger partial charge is 0.479 e. The zero-order chi connectivity index (χ0) is 13.0. The van der Waals surface area contributed by atoms with Crippen LogP contribution in [-0.4, -0.2) is 27.3 Å². The highest BCUT2D eigenvalue weighted by Crippen LogP contribution is 2.28. The van der Waals surface area contributed by atoms with Crippen LogP contribution in [0.25, 0.3) is 0 Å². The van der Waals surface area contributed by atoms with E-state index in [2.05, 4.69) is 15.9 Å². The summed E-state index contributed by atoms with van der Waals surface area (Å²) in [5, 5.41) is 18.8. The van der Waals surface area contributed by atoms with Crippen LogP contribution >= 0.6 is 27.5 Å². The minimum absolute atomic E-state index is 0.0485. The highest BCUT2D eigenvalue weighted by atomic mass is 79.9. The average molecular weight is 322 g/mol. The van der Waals surface area contributed by atoms with Crippen LogP contribution < -0.4 is 0 Å². The molecule has 0 spiro atoms. The van der Waals surface area contributed by atoms with E-state index in [9.17, 15) is 14.7 Å². The maximum atomic E-state index is 11.8. The number of carboxylic acid groups (broad SMARTS) is 1. The molecule has 0 amide bonds. The third-order valence-corrected chi connectivity index (χ3v) is 2.91. The third-order valence-electron chi connectivity index (χ3n) is 2.18. The predicted molar refractivity (Wildman–Crippen MR) is 66.8 cm³/mol. The van der Waals surface area contributed by atoms with Gasteiger partial charge in [0.2, 0.25) is 0 Å². The Morgan fingerprint density at radius 2 is 2.06 bits per heavy atom. The highest BCUT2D eigenvalue weighted by Gasteiger charge is 2.24. The minimum Gasteiger partial charge on any atom is -0.479 e. The molecule has 0 aromatic heterocycles. The second-order valence-corrected chi connectivity index (χ2v) is 4.50. The lowest BCUT2D eigenvalue weighted by Crippen LogP contribution is -2.16. The normalized spacial score (nSPS) is 12.2. The van der Waals surface area contributed by atoms with Gasteiger partial charge in [0.25, 0.3) is 0 Å². The Labute approximate surface area is 111 Å². The number of carbonyl (C=O) groups excluding carboxylic acids is 1. The van der Waals surface area contributed by atoms with Gasteiger partial charge in [-0.15, -0.1) is 0 Å². The molecule has 0 radical (unpaired) electrons. The Morgan fingerprint density at radius 3 is 2.59 bits per heavy atom. The molecule has 6 heteroatoms. The summed E-state index contributed by atoms with van der Waals surface area (Å²) >= 11 is 8.95. The fourth-order valence-electron chi connectivity index (χ4n) is 1.40. The van der Waals surface area contributed by atoms with Crippen LogP contribution in [0.3, 0.4) is 0 Å². The number of benzene rings is 1. The summed E-state index contributed by atoms with van der Waals surface area (Å²) in [6, 6.07) is 4.44. The zero-order valence-electron chi connectivity index (χ0n) is 8.69. The Balaban J connectivity index is 3.26. The molecule has 0 fully saturated rings. The SMILES string of the molecule is O=C(CCBr)c1cccc(Cl)c1C(O)C(=O)O. The molecule has 1 aromatic rings. The first-order valence-electron chi connectivity index (χ1n) is 4.77. The summed E-state index contributed by atoms with van der Waals surface area (Å²) in [4.78, 5) is 22.5. The van der Waals surface area contributed by atoms with Gasteiger partial charge < -0.3 is 10.2 Å². The van der Waals surface area contributed by atoms with Gasteiger partial charge in [-0.1, -0.05) is 39.7 Å². The molecule has 0 bridgehead atoms. The first-order valence-corrected chi connectivity index (χ1v) is 6.27. The summed E-state index contributed by atoms with van der Waals surface area (Å²) in [6.45, 7) is 0. The molecule has 1 unspecified atom stereocenters. The second kappa shape index (κ2) is 6.14. The van der Waals surface area contributed by atoms with Crippen molar-refractivity contribution in [3.63, 3.8) is 0 Å². The number of hydrogen-bond donors (Lipinski definition) is 2. The summed E-state index contributed by atoms with van der Waals surface area (Å²) in [6.07, 6.45) is -1.59. The maximum Gasteiger partial charge on any atom is 0.337 e. The van der Waals surface area contributed by atoms with Crippen molar-refractivity contribution in [2.24, 2.45) is 0 Å². The van der Waals surface area contributed by atoms with E-state index in [0.29, 0.717) is 5.33 Å². The number of aliphatic hydroxyl groups excluding tert-OH is 1. The minimum atomic E-state index is -1.79. The molecule has 0 heterocycles. The molecular formula is C11H10BrClO4. The van der Waals surface area contributed by atoms with Crippen molar-refractivity contribution >= 4 is 39.3 Å². The number of Topliss-reactive ketones (excluding diaryl/α,β-unsaturated/α-hetero) is 1. The number of alkyl halides is 1. The lowest BCUT2D eigenvalue weighted by Gasteiger charge is -2.13. The third kappa shape index (κ3) is 3.28. The van der Waals surface area contributed by atoms with E-state index in [-0.39, 0.29) is 28.4 Å². The number of halogens is 2. The van der Waals surface area contributed by atoms with Crippen molar-refractivity contribution in [3.05, 3.63) is 34.3 Å². The van der Waals surface area contributed by atoms with Crippen LogP contribution in [0.2, 0.25) is 5.02 Å². The van der Waals surface area contributed by atoms with Crippen molar-refractivity contribution in [1.29, 1.82) is 0 Å². The summed E-state index contributed by atoms with van der Waals surface area (Å²) in [5.41, 5.74) is 0.0967. The maximum absolute atomic E-state index is 11.8. The molecule has 0 aliphatic heterocycles. The Morgan fingerprint density at radius 1 is 1.41 bits per heavy atom. The molecule has 1 atom stereocenters. The van der Waals surface area contributed by atoms with Gasteiger partial charge in [0, 0.05) is 27.9 Å². The molecule has 0 saturated carbocycles. The Hall–Kier alpha value is -0.910. The topological polar surface area (TPSA) is 74.6 Å². The van der Waals surface area contributed by atoms with Gasteiger partial charge in [-0.25, -0.2) is 4.79 Å². The molecule has 4 nitrogen and oxygen atoms in total. The monoisotopic (exact) mass is 320 g/mol. The van der Waals surface area contributed by atoms with Crippen molar-refractivity contribution in [1.82, 2.24) is 0 Å². The fourth-order valence-corrected chi connectivity index (χ4v) is 2.04. The van der Waals surface area contributed by atoms with E-state index in [1.807, 2.05) is 0 Å². The average Bonchev–Trinajstić information content (AvgIpc) is 2.28. The molecule has 17 heavy (non-hydrogen) atoms. The van der Waals surface area contributed by atoms with E-state index < -0.39 is 12.1 Å². The first kappa shape index (κ1) is 14.2. The number of aliphatic hydroxyl groups is 1. The lowest BCUT2D eigenvalue weighted by molar-refractivity contribution is -0.146. The first-order chi connectivity index (χ1) is 7.99. The highest BCUT2D eigenvalue weighted by molar-refractivity contribution is 9.09. The van der Waals surface area contributed by atoms with Crippen molar-refractivity contribution in [3.8, 4) is 0 Å². The summed E-state index contributed by atoms with van der Waals surface area (Å²) < 4.78 is 0. The van der Waals surface area contributed by atoms with E-state index in [4.69, 9.17) is 16.7 Å². The molecule has 2 N–H and O–H groups in total. The Kier molecular flexibility index (Phi) is 5.11. The number of carbonyl (C=O) groups is 2. The standard InChI is InChI=1S/C11H10BrClO4/c12-5-4-8(14)6-2-1-3-7(13)9(6)10(15)11(16)17/h1-3,10,15H,4-5H2,(H,16,17). The zero-order valence-corrected chi connectivity index (χ0v) is 11.0. The molecule has 92 valence electrons. The van der Waals surface area contributed by atoms with Crippen molar-refractivity contribution in [2.75, 3.05) is 5.33 Å². The molecular weight excluding hydrogens is 311 g/mol. The van der Waals surface area contributed by atoms with E-state index in [1.165, 1.54) is 12.1 Å². The van der Waals surface area contributed by atoms with Crippen LogP contribution in [0, 0.1) is 0 Å². The van der Waals surface area contributed by atoms with Gasteiger partial charge in [0.05, 0.1) is 0 Å². The predicted octanol–water partition coefficient (Wildman–Crippen LogP) is 2.43. The van der Waals surface area contributed by atoms with Crippen LogP contribution in [0.4, 0.5) is 0 Å². The summed E-state index contributed by atoms with van der Waals surface area (Å²) in [5.74, 6) is -1.70. The molecule has 0 aliphatic rings. The number of aliphatic carboxylic acids is 1. The lowest BCUT2D eigenvalue weighted by atomic mass is 9.98. The van der Waals surface area contributed by atoms with Crippen molar-refractivity contribution in [2.45, 2.75) is 12.5 Å². The van der Waals surface area contributed by atoms with Gasteiger partial charge in [-0.3, -0.25) is 4.79 Å². The fraction of sp³-hybridized carbons (Fsp3) is 0.273. The van der Waals surface area contributed by atoms with Gasteiger partial charge >= 0.3 is 5.97 Å². The second-order valence-electron chi connectivity index (χ2n) is 3.30. The van der Waals surface area contributed by atoms with E-state index in [1.54, 1.807) is 6.07 Å². The quantitative estimate of drug-likeness (QED) is 0.645. The summed E-state index contributed by atoms with van der Waals surface area (Å²) in [7, 11) is 0.